The quantitative estimate of drug-likeness (QED) is 0.847. The lowest BCUT2D eigenvalue weighted by atomic mass is 10.2. The van der Waals surface area contributed by atoms with Gasteiger partial charge in [0.05, 0.1) is 18.9 Å². The minimum atomic E-state index is -4.50. The summed E-state index contributed by atoms with van der Waals surface area (Å²) in [6.07, 6.45) is -3.23. The van der Waals surface area contributed by atoms with Crippen LogP contribution in [0.1, 0.15) is 15.2 Å². The molecular formula is C12H8ClF3N2O2S. The second-order valence-electron chi connectivity index (χ2n) is 3.87. The van der Waals surface area contributed by atoms with E-state index in [0.29, 0.717) is 0 Å². The number of alkyl halides is 3. The fourth-order valence-electron chi connectivity index (χ4n) is 1.48. The molecule has 2 aromatic rings. The van der Waals surface area contributed by atoms with Gasteiger partial charge in [-0.15, -0.1) is 0 Å². The molecule has 0 aliphatic heterocycles. The van der Waals surface area contributed by atoms with Crippen LogP contribution in [0.5, 0.6) is 0 Å². The van der Waals surface area contributed by atoms with Crippen LogP contribution in [0.2, 0.25) is 5.02 Å². The molecule has 0 aliphatic carbocycles. The lowest BCUT2D eigenvalue weighted by Crippen LogP contribution is -2.05. The third-order valence-corrected chi connectivity index (χ3v) is 3.48. The van der Waals surface area contributed by atoms with Crippen molar-refractivity contribution in [3.05, 3.63) is 39.9 Å². The number of hydrogen-bond acceptors (Lipinski definition) is 5. The van der Waals surface area contributed by atoms with Crippen LogP contribution >= 0.6 is 22.9 Å². The first-order valence-corrected chi connectivity index (χ1v) is 6.68. The molecule has 2 rings (SSSR count). The molecule has 1 aromatic heterocycles. The van der Waals surface area contributed by atoms with Gasteiger partial charge in [0.2, 0.25) is 0 Å². The van der Waals surface area contributed by atoms with E-state index in [9.17, 15) is 18.0 Å². The van der Waals surface area contributed by atoms with Gasteiger partial charge in [0.1, 0.15) is 4.88 Å². The number of methoxy groups -OCH3 is 1. The Kier molecular flexibility index (Phi) is 4.38. The normalized spacial score (nSPS) is 11.3. The maximum atomic E-state index is 12.7. The average molecular weight is 337 g/mol. The number of rotatable bonds is 3. The van der Waals surface area contributed by atoms with E-state index in [2.05, 4.69) is 15.0 Å². The van der Waals surface area contributed by atoms with Crippen molar-refractivity contribution in [1.29, 1.82) is 0 Å². The molecule has 0 amide bonds. The van der Waals surface area contributed by atoms with E-state index >= 15 is 0 Å². The molecule has 0 spiro atoms. The molecule has 0 bridgehead atoms. The first-order valence-electron chi connectivity index (χ1n) is 5.48. The molecule has 112 valence electrons. The number of nitrogens with one attached hydrogen (secondary N) is 1. The van der Waals surface area contributed by atoms with E-state index in [1.807, 2.05) is 0 Å². The summed E-state index contributed by atoms with van der Waals surface area (Å²) in [4.78, 5) is 15.4. The third-order valence-electron chi connectivity index (χ3n) is 2.37. The molecule has 4 nitrogen and oxygen atoms in total. The second-order valence-corrected chi connectivity index (χ2v) is 5.34. The average Bonchev–Trinajstić information content (AvgIpc) is 2.84. The number of carbonyl (C=O) groups excluding carboxylic acids is 1. The first-order chi connectivity index (χ1) is 9.79. The predicted molar refractivity (Wildman–Crippen MR) is 73.2 cm³/mol. The Hall–Kier alpha value is -1.80. The maximum absolute atomic E-state index is 12.7. The van der Waals surface area contributed by atoms with Gasteiger partial charge in [0.25, 0.3) is 0 Å². The van der Waals surface area contributed by atoms with E-state index in [0.717, 1.165) is 23.5 Å². The Balaban J connectivity index is 2.25. The Morgan fingerprint density at radius 3 is 2.71 bits per heavy atom. The number of halogens is 4. The lowest BCUT2D eigenvalue weighted by molar-refractivity contribution is -0.137. The summed E-state index contributed by atoms with van der Waals surface area (Å²) < 4.78 is 42.6. The molecule has 0 saturated heterocycles. The van der Waals surface area contributed by atoms with E-state index in [4.69, 9.17) is 11.6 Å². The third kappa shape index (κ3) is 3.85. The highest BCUT2D eigenvalue weighted by Gasteiger charge is 2.31. The van der Waals surface area contributed by atoms with Crippen LogP contribution in [0.25, 0.3) is 0 Å². The summed E-state index contributed by atoms with van der Waals surface area (Å²) in [5.41, 5.74) is -0.747. The summed E-state index contributed by atoms with van der Waals surface area (Å²) in [7, 11) is 1.22. The van der Waals surface area contributed by atoms with E-state index in [-0.39, 0.29) is 20.7 Å². The highest BCUT2D eigenvalue weighted by molar-refractivity contribution is 7.17. The number of carbonyl (C=O) groups is 1. The summed E-state index contributed by atoms with van der Waals surface area (Å²) in [6, 6.07) is 3.07. The smallest absolute Gasteiger partial charge is 0.416 e. The summed E-state index contributed by atoms with van der Waals surface area (Å²) >= 11 is 6.63. The van der Waals surface area contributed by atoms with Crippen LogP contribution in [0.15, 0.2) is 24.4 Å². The second kappa shape index (κ2) is 5.90. The van der Waals surface area contributed by atoms with Crippen molar-refractivity contribution in [2.45, 2.75) is 6.18 Å². The number of ether oxygens (including phenoxy) is 1. The van der Waals surface area contributed by atoms with Gasteiger partial charge in [-0.2, -0.15) is 13.2 Å². The summed E-state index contributed by atoms with van der Waals surface area (Å²) in [5.74, 6) is -0.567. The van der Waals surface area contributed by atoms with Crippen LogP contribution < -0.4 is 5.32 Å². The molecule has 1 aromatic carbocycles. The largest absolute Gasteiger partial charge is 0.465 e. The number of anilines is 2. The zero-order valence-corrected chi connectivity index (χ0v) is 12.1. The Morgan fingerprint density at radius 2 is 2.10 bits per heavy atom. The molecular weight excluding hydrogens is 329 g/mol. The number of nitrogens with zero attached hydrogens (tertiary/aromatic N) is 1. The van der Waals surface area contributed by atoms with Gasteiger partial charge in [-0.3, -0.25) is 0 Å². The Labute approximate surface area is 126 Å². The minimum Gasteiger partial charge on any atom is -0.465 e. The van der Waals surface area contributed by atoms with Crippen molar-refractivity contribution in [3.63, 3.8) is 0 Å². The molecule has 1 heterocycles. The van der Waals surface area contributed by atoms with Crippen molar-refractivity contribution in [2.75, 3.05) is 12.4 Å². The van der Waals surface area contributed by atoms with Gasteiger partial charge in [-0.25, -0.2) is 9.78 Å². The van der Waals surface area contributed by atoms with Crippen molar-refractivity contribution in [1.82, 2.24) is 4.98 Å². The predicted octanol–water partition coefficient (Wildman–Crippen LogP) is 4.35. The van der Waals surface area contributed by atoms with Gasteiger partial charge >= 0.3 is 12.1 Å². The van der Waals surface area contributed by atoms with Crippen LogP contribution in [0.3, 0.4) is 0 Å². The first kappa shape index (κ1) is 15.6. The van der Waals surface area contributed by atoms with Crippen LogP contribution in [-0.4, -0.2) is 18.1 Å². The zero-order chi connectivity index (χ0) is 15.6. The van der Waals surface area contributed by atoms with Crippen molar-refractivity contribution in [2.24, 2.45) is 0 Å². The van der Waals surface area contributed by atoms with E-state index < -0.39 is 17.7 Å². The number of benzene rings is 1. The fraction of sp³-hybridized carbons (Fsp3) is 0.167. The van der Waals surface area contributed by atoms with Crippen LogP contribution in [-0.2, 0) is 10.9 Å². The highest BCUT2D eigenvalue weighted by Crippen LogP contribution is 2.34. The van der Waals surface area contributed by atoms with Crippen LogP contribution in [0, 0.1) is 0 Å². The van der Waals surface area contributed by atoms with E-state index in [1.165, 1.54) is 19.4 Å². The number of hydrogen-bond donors (Lipinski definition) is 1. The monoisotopic (exact) mass is 336 g/mol. The molecule has 0 fully saturated rings. The minimum absolute atomic E-state index is 0.0583. The van der Waals surface area contributed by atoms with Gasteiger partial charge in [-0.1, -0.05) is 22.9 Å². The number of esters is 1. The topological polar surface area (TPSA) is 51.2 Å². The zero-order valence-electron chi connectivity index (χ0n) is 10.5. The molecule has 0 unspecified atom stereocenters. The number of aromatic nitrogens is 1. The van der Waals surface area contributed by atoms with Gasteiger partial charge in [-0.05, 0) is 18.2 Å². The Bertz CT molecular complexity index is 673. The number of thiazole rings is 1. The molecule has 0 radical (unpaired) electrons. The molecule has 0 aliphatic rings. The van der Waals surface area contributed by atoms with Crippen LogP contribution in [0.4, 0.5) is 24.0 Å². The van der Waals surface area contributed by atoms with Crippen molar-refractivity contribution < 1.29 is 22.7 Å². The van der Waals surface area contributed by atoms with Crippen molar-refractivity contribution in [3.8, 4) is 0 Å². The van der Waals surface area contributed by atoms with Crippen molar-refractivity contribution >= 4 is 39.7 Å². The van der Waals surface area contributed by atoms with Gasteiger partial charge < -0.3 is 10.1 Å². The highest BCUT2D eigenvalue weighted by atomic mass is 35.5. The molecule has 1 N–H and O–H groups in total. The maximum Gasteiger partial charge on any atom is 0.416 e. The standard InChI is InChI=1S/C12H8ClF3N2O2S/c1-20-10(19)9-5-17-11(21-9)18-8-3-6(12(14,15)16)2-7(13)4-8/h2-5H,1H3,(H,17,18). The molecule has 0 atom stereocenters. The van der Waals surface area contributed by atoms with Gasteiger partial charge in [0.15, 0.2) is 5.13 Å². The fourth-order valence-corrected chi connectivity index (χ4v) is 2.47. The molecule has 0 saturated carbocycles. The SMILES string of the molecule is COC(=O)c1cnc(Nc2cc(Cl)cc(C(F)(F)F)c2)s1. The summed E-state index contributed by atoms with van der Waals surface area (Å²) in [5, 5.41) is 2.87. The molecule has 9 heteroatoms. The summed E-state index contributed by atoms with van der Waals surface area (Å²) in [6.45, 7) is 0. The Morgan fingerprint density at radius 1 is 1.38 bits per heavy atom. The van der Waals surface area contributed by atoms with Gasteiger partial charge in [0, 0.05) is 10.7 Å². The van der Waals surface area contributed by atoms with E-state index in [1.54, 1.807) is 0 Å². The lowest BCUT2D eigenvalue weighted by Gasteiger charge is -2.10. The molecule has 21 heavy (non-hydrogen) atoms.